The molecule has 2 atom stereocenters. The maximum atomic E-state index is 13.1. The van der Waals surface area contributed by atoms with E-state index in [-0.39, 0.29) is 30.3 Å². The van der Waals surface area contributed by atoms with Crippen LogP contribution in [0.2, 0.25) is 0 Å². The van der Waals surface area contributed by atoms with E-state index in [2.05, 4.69) is 15.9 Å². The van der Waals surface area contributed by atoms with Crippen LogP contribution in [0.3, 0.4) is 0 Å². The number of Topliss-reactive ketones (excluding diaryl/α,β-unsaturated/α-hetero) is 1. The molecule has 27 heavy (non-hydrogen) atoms. The predicted molar refractivity (Wildman–Crippen MR) is 101 cm³/mol. The summed E-state index contributed by atoms with van der Waals surface area (Å²) in [6.07, 6.45) is 12.4. The molecular weight excluding hydrogens is 346 g/mol. The molecule has 0 unspecified atom stereocenters. The number of H-pyrrole nitrogens is 1. The van der Waals surface area contributed by atoms with Crippen LogP contribution in [0.15, 0.2) is 17.3 Å². The van der Waals surface area contributed by atoms with Crippen LogP contribution in [0.1, 0.15) is 62.0 Å². The molecule has 0 amide bonds. The summed E-state index contributed by atoms with van der Waals surface area (Å²) in [4.78, 5) is 32.3. The zero-order chi connectivity index (χ0) is 19.4. The number of ether oxygens (including phenoxy) is 1. The second-order valence-electron chi connectivity index (χ2n) is 7.03. The molecule has 0 bridgehead atoms. The second kappa shape index (κ2) is 8.51. The molecule has 1 fully saturated rings. The smallest absolute Gasteiger partial charge is 0.260 e. The van der Waals surface area contributed by atoms with Gasteiger partial charge in [0.15, 0.2) is 5.78 Å². The monoisotopic (exact) mass is 371 g/mol. The second-order valence-corrected chi connectivity index (χ2v) is 7.03. The van der Waals surface area contributed by atoms with E-state index in [0.29, 0.717) is 16.6 Å². The zero-order valence-corrected chi connectivity index (χ0v) is 15.5. The number of ketones is 1. The third-order valence-corrected chi connectivity index (χ3v) is 5.19. The largest absolute Gasteiger partial charge is 0.394 e. The minimum atomic E-state index is -0.541. The SMILES string of the molecule is C#CC[C@@H](CO)O[C@H](C)n1cc(C(=O)C2CCCCC2)c2c(=O)[nH]cnc21. The minimum Gasteiger partial charge on any atom is -0.394 e. The van der Waals surface area contributed by atoms with Crippen molar-refractivity contribution in [3.05, 3.63) is 28.4 Å². The number of aliphatic hydroxyl groups excluding tert-OH is 1. The Bertz CT molecular complexity index is 902. The van der Waals surface area contributed by atoms with Crippen LogP contribution >= 0.6 is 0 Å². The Labute approximate surface area is 157 Å². The van der Waals surface area contributed by atoms with E-state index in [1.807, 2.05) is 0 Å². The zero-order valence-electron chi connectivity index (χ0n) is 15.5. The Hall–Kier alpha value is -2.43. The first-order valence-corrected chi connectivity index (χ1v) is 9.39. The number of terminal acetylenes is 1. The van der Waals surface area contributed by atoms with Crippen LogP contribution in [0.5, 0.6) is 0 Å². The van der Waals surface area contributed by atoms with Crippen molar-refractivity contribution in [2.45, 2.75) is 57.8 Å². The molecular formula is C20H25N3O4. The third-order valence-electron chi connectivity index (χ3n) is 5.19. The third kappa shape index (κ3) is 3.97. The Morgan fingerprint density at radius 3 is 2.89 bits per heavy atom. The number of carbonyl (C=O) groups excluding carboxylic acids is 1. The average Bonchev–Trinajstić information content (AvgIpc) is 3.09. The Morgan fingerprint density at radius 1 is 1.48 bits per heavy atom. The first kappa shape index (κ1) is 19.3. The maximum Gasteiger partial charge on any atom is 0.260 e. The van der Waals surface area contributed by atoms with Gasteiger partial charge in [-0.1, -0.05) is 19.3 Å². The van der Waals surface area contributed by atoms with Crippen molar-refractivity contribution in [1.29, 1.82) is 0 Å². The van der Waals surface area contributed by atoms with Crippen molar-refractivity contribution in [3.63, 3.8) is 0 Å². The van der Waals surface area contributed by atoms with Gasteiger partial charge in [-0.3, -0.25) is 9.59 Å². The summed E-state index contributed by atoms with van der Waals surface area (Å²) >= 11 is 0. The lowest BCUT2D eigenvalue weighted by Gasteiger charge is -2.21. The Kier molecular flexibility index (Phi) is 6.09. The van der Waals surface area contributed by atoms with Crippen molar-refractivity contribution >= 4 is 16.8 Å². The molecule has 2 aromatic rings. The molecule has 0 saturated heterocycles. The normalized spacial score (nSPS) is 17.5. The van der Waals surface area contributed by atoms with Crippen LogP contribution < -0.4 is 5.56 Å². The fourth-order valence-corrected chi connectivity index (χ4v) is 3.77. The Balaban J connectivity index is 1.99. The molecule has 0 spiro atoms. The van der Waals surface area contributed by atoms with Crippen molar-refractivity contribution in [1.82, 2.24) is 14.5 Å². The van der Waals surface area contributed by atoms with Crippen LogP contribution in [0.4, 0.5) is 0 Å². The summed E-state index contributed by atoms with van der Waals surface area (Å²) in [6.45, 7) is 1.56. The molecule has 7 nitrogen and oxygen atoms in total. The lowest BCUT2D eigenvalue weighted by Crippen LogP contribution is -2.22. The standard InChI is InChI=1S/C20H25N3O4/c1-3-7-15(11-24)27-13(2)23-10-16(17-19(23)21-12-22-20(17)26)18(25)14-8-5-4-6-9-14/h1,10,12-15,24H,4-9,11H2,2H3,(H,21,22,26)/t13-,15+/m1/s1. The molecule has 1 saturated carbocycles. The minimum absolute atomic E-state index is 0.00789. The average molecular weight is 371 g/mol. The van der Waals surface area contributed by atoms with Crippen molar-refractivity contribution in [2.24, 2.45) is 5.92 Å². The molecule has 2 aromatic heterocycles. The number of aromatic amines is 1. The molecule has 1 aliphatic carbocycles. The van der Waals surface area contributed by atoms with Crippen LogP contribution in [0, 0.1) is 18.3 Å². The van der Waals surface area contributed by atoms with E-state index >= 15 is 0 Å². The number of carbonyl (C=O) groups is 1. The fraction of sp³-hybridized carbons (Fsp3) is 0.550. The van der Waals surface area contributed by atoms with Crippen LogP contribution in [-0.2, 0) is 4.74 Å². The summed E-state index contributed by atoms with van der Waals surface area (Å²) in [5.74, 6) is 2.41. The van der Waals surface area contributed by atoms with Gasteiger partial charge in [-0.2, -0.15) is 0 Å². The molecule has 0 radical (unpaired) electrons. The topological polar surface area (TPSA) is 97.2 Å². The highest BCUT2D eigenvalue weighted by atomic mass is 16.5. The predicted octanol–water partition coefficient (Wildman–Crippen LogP) is 2.41. The molecule has 2 heterocycles. The van der Waals surface area contributed by atoms with Gasteiger partial charge in [-0.05, 0) is 19.8 Å². The van der Waals surface area contributed by atoms with Crippen molar-refractivity contribution in [3.8, 4) is 12.3 Å². The van der Waals surface area contributed by atoms with Crippen molar-refractivity contribution < 1.29 is 14.6 Å². The number of rotatable bonds is 7. The summed E-state index contributed by atoms with van der Waals surface area (Å²) in [7, 11) is 0. The molecule has 0 aromatic carbocycles. The first-order valence-electron chi connectivity index (χ1n) is 9.39. The van der Waals surface area contributed by atoms with E-state index in [1.54, 1.807) is 17.7 Å². The van der Waals surface area contributed by atoms with Gasteiger partial charge in [0.2, 0.25) is 0 Å². The molecule has 2 N–H and O–H groups in total. The Morgan fingerprint density at radius 2 is 2.22 bits per heavy atom. The highest BCUT2D eigenvalue weighted by Crippen LogP contribution is 2.30. The molecule has 0 aliphatic heterocycles. The van der Waals surface area contributed by atoms with Gasteiger partial charge in [0.05, 0.1) is 30.0 Å². The molecule has 7 heteroatoms. The van der Waals surface area contributed by atoms with E-state index in [9.17, 15) is 14.7 Å². The quantitative estimate of drug-likeness (QED) is 0.575. The van der Waals surface area contributed by atoms with Gasteiger partial charge in [-0.15, -0.1) is 12.3 Å². The van der Waals surface area contributed by atoms with E-state index < -0.39 is 12.3 Å². The van der Waals surface area contributed by atoms with Gasteiger partial charge in [0, 0.05) is 18.5 Å². The van der Waals surface area contributed by atoms with E-state index in [1.165, 1.54) is 6.33 Å². The maximum absolute atomic E-state index is 13.1. The highest BCUT2D eigenvalue weighted by molar-refractivity contribution is 6.08. The number of hydrogen-bond donors (Lipinski definition) is 2. The van der Waals surface area contributed by atoms with Crippen molar-refractivity contribution in [2.75, 3.05) is 6.61 Å². The van der Waals surface area contributed by atoms with Gasteiger partial charge < -0.3 is 19.4 Å². The summed E-state index contributed by atoms with van der Waals surface area (Å²) in [5, 5.41) is 9.71. The van der Waals surface area contributed by atoms with E-state index in [0.717, 1.165) is 32.1 Å². The number of aromatic nitrogens is 3. The van der Waals surface area contributed by atoms with Crippen LogP contribution in [0.25, 0.3) is 11.0 Å². The first-order chi connectivity index (χ1) is 13.1. The van der Waals surface area contributed by atoms with Gasteiger partial charge >= 0.3 is 0 Å². The van der Waals surface area contributed by atoms with Gasteiger partial charge in [0.25, 0.3) is 5.56 Å². The lowest BCUT2D eigenvalue weighted by molar-refractivity contribution is -0.0605. The highest BCUT2D eigenvalue weighted by Gasteiger charge is 2.28. The number of hydrogen-bond acceptors (Lipinski definition) is 5. The summed E-state index contributed by atoms with van der Waals surface area (Å²) < 4.78 is 7.49. The lowest BCUT2D eigenvalue weighted by atomic mass is 9.84. The van der Waals surface area contributed by atoms with Gasteiger partial charge in [0.1, 0.15) is 11.9 Å². The molecule has 1 aliphatic rings. The molecule has 3 rings (SSSR count). The number of aliphatic hydroxyl groups is 1. The fourth-order valence-electron chi connectivity index (χ4n) is 3.77. The van der Waals surface area contributed by atoms with E-state index in [4.69, 9.17) is 11.2 Å². The number of fused-ring (bicyclic) bond motifs is 1. The molecule has 144 valence electrons. The summed E-state index contributed by atoms with van der Waals surface area (Å²) in [5.41, 5.74) is 0.439. The summed E-state index contributed by atoms with van der Waals surface area (Å²) in [6, 6.07) is 0. The number of nitrogens with zero attached hydrogens (tertiary/aromatic N) is 2. The van der Waals surface area contributed by atoms with Gasteiger partial charge in [-0.25, -0.2) is 4.98 Å². The number of nitrogens with one attached hydrogen (secondary N) is 1. The van der Waals surface area contributed by atoms with Crippen LogP contribution in [-0.4, -0.2) is 38.1 Å².